The first-order valence-electron chi connectivity index (χ1n) is 11.7. The summed E-state index contributed by atoms with van der Waals surface area (Å²) in [6, 6.07) is 21.6. The lowest BCUT2D eigenvalue weighted by molar-refractivity contribution is 0.273. The predicted molar refractivity (Wildman–Crippen MR) is 142 cm³/mol. The first kappa shape index (κ1) is 24.0. The van der Waals surface area contributed by atoms with Gasteiger partial charge in [0.2, 0.25) is 0 Å². The number of hydrogen-bond donors (Lipinski definition) is 2. The average Bonchev–Trinajstić information content (AvgIpc) is 3.29. The Labute approximate surface area is 205 Å². The van der Waals surface area contributed by atoms with Crippen molar-refractivity contribution in [3.63, 3.8) is 0 Å². The van der Waals surface area contributed by atoms with Gasteiger partial charge in [-0.1, -0.05) is 43.7 Å². The topological polar surface area (TPSA) is 83.9 Å². The van der Waals surface area contributed by atoms with Gasteiger partial charge in [0.1, 0.15) is 0 Å². The molecule has 7 nitrogen and oxygen atoms in total. The second-order valence-electron chi connectivity index (χ2n) is 8.71. The minimum atomic E-state index is 0.516. The molecule has 0 atom stereocenters. The molecule has 1 heterocycles. The number of aryl methyl sites for hydroxylation is 1. The standard InChI is InChI=1S/C28H31N5O2/c1-19(2)15-16-35-25-14-11-21(17-26(25)34-4)18-29-33-28(30-22-12-9-20(3)10-13-22)27-31-23-7-5-6-8-24(23)32-27/h5-14,17-19H,15-16H2,1-4H3,(H,30,33)(H,31,32)/b29-18+. The number of imidazole rings is 1. The number of benzene rings is 3. The summed E-state index contributed by atoms with van der Waals surface area (Å²) in [5, 5.41) is 4.43. The molecule has 0 radical (unpaired) electrons. The smallest absolute Gasteiger partial charge is 0.190 e. The van der Waals surface area contributed by atoms with Gasteiger partial charge < -0.3 is 14.5 Å². The van der Waals surface area contributed by atoms with Gasteiger partial charge in [-0.05, 0) is 67.3 Å². The molecular formula is C28H31N5O2. The third kappa shape index (κ3) is 6.47. The number of para-hydroxylation sites is 2. The van der Waals surface area contributed by atoms with Gasteiger partial charge in [-0.2, -0.15) is 5.10 Å². The fourth-order valence-corrected chi connectivity index (χ4v) is 3.40. The molecule has 0 bridgehead atoms. The molecule has 7 heteroatoms. The number of hydrazone groups is 1. The van der Waals surface area contributed by atoms with Crippen LogP contribution in [0.15, 0.2) is 76.8 Å². The molecule has 0 aliphatic heterocycles. The molecule has 0 fully saturated rings. The molecule has 0 spiro atoms. The second-order valence-corrected chi connectivity index (χ2v) is 8.71. The summed E-state index contributed by atoms with van der Waals surface area (Å²) in [6.07, 6.45) is 2.70. The minimum Gasteiger partial charge on any atom is -0.493 e. The van der Waals surface area contributed by atoms with Crippen LogP contribution in [0, 0.1) is 12.8 Å². The maximum atomic E-state index is 5.88. The minimum absolute atomic E-state index is 0.516. The summed E-state index contributed by atoms with van der Waals surface area (Å²) >= 11 is 0. The van der Waals surface area contributed by atoms with E-state index < -0.39 is 0 Å². The fourth-order valence-electron chi connectivity index (χ4n) is 3.40. The number of nitrogens with one attached hydrogen (secondary N) is 2. The van der Waals surface area contributed by atoms with E-state index in [-0.39, 0.29) is 0 Å². The summed E-state index contributed by atoms with van der Waals surface area (Å²) in [6.45, 7) is 7.05. The van der Waals surface area contributed by atoms with Crippen LogP contribution in [0.3, 0.4) is 0 Å². The van der Waals surface area contributed by atoms with Gasteiger partial charge in [0.05, 0.1) is 36.7 Å². The molecule has 3 aromatic carbocycles. The lowest BCUT2D eigenvalue weighted by Gasteiger charge is -2.12. The van der Waals surface area contributed by atoms with Crippen molar-refractivity contribution in [2.24, 2.45) is 16.0 Å². The molecule has 0 unspecified atom stereocenters. The molecule has 1 aromatic heterocycles. The van der Waals surface area contributed by atoms with Crippen LogP contribution in [0.4, 0.5) is 5.69 Å². The molecule has 4 aromatic rings. The molecule has 0 aliphatic rings. The van der Waals surface area contributed by atoms with Crippen LogP contribution >= 0.6 is 0 Å². The molecule has 4 rings (SSSR count). The highest BCUT2D eigenvalue weighted by atomic mass is 16.5. The van der Waals surface area contributed by atoms with E-state index in [1.807, 2.05) is 73.7 Å². The van der Waals surface area contributed by atoms with E-state index in [2.05, 4.69) is 34.3 Å². The number of rotatable bonds is 9. The Morgan fingerprint density at radius 2 is 1.86 bits per heavy atom. The number of aromatic amines is 1. The number of fused-ring (bicyclic) bond motifs is 1. The van der Waals surface area contributed by atoms with Crippen LogP contribution < -0.4 is 14.9 Å². The molecule has 35 heavy (non-hydrogen) atoms. The molecular weight excluding hydrogens is 438 g/mol. The number of nitrogens with zero attached hydrogens (tertiary/aromatic N) is 3. The Hall–Kier alpha value is -4.13. The van der Waals surface area contributed by atoms with Crippen molar-refractivity contribution >= 4 is 28.8 Å². The van der Waals surface area contributed by atoms with Crippen molar-refractivity contribution in [3.05, 3.63) is 83.7 Å². The molecule has 2 N–H and O–H groups in total. The van der Waals surface area contributed by atoms with Crippen LogP contribution in [0.1, 0.15) is 37.2 Å². The van der Waals surface area contributed by atoms with E-state index in [4.69, 9.17) is 14.5 Å². The number of hydrogen-bond acceptors (Lipinski definition) is 5. The number of methoxy groups -OCH3 is 1. The summed E-state index contributed by atoms with van der Waals surface area (Å²) < 4.78 is 11.4. The SMILES string of the molecule is COc1cc(/C=N/NC(=Nc2ccc(C)cc2)c2nc3ccccc3[nH]2)ccc1OCCC(C)C. The van der Waals surface area contributed by atoms with Crippen LogP contribution in [-0.2, 0) is 0 Å². The van der Waals surface area contributed by atoms with Gasteiger partial charge in [0.25, 0.3) is 0 Å². The van der Waals surface area contributed by atoms with E-state index in [0.717, 1.165) is 34.5 Å². The van der Waals surface area contributed by atoms with Gasteiger partial charge in [0.15, 0.2) is 23.2 Å². The Morgan fingerprint density at radius 1 is 1.06 bits per heavy atom. The maximum Gasteiger partial charge on any atom is 0.190 e. The largest absolute Gasteiger partial charge is 0.493 e. The molecule has 0 aliphatic carbocycles. The van der Waals surface area contributed by atoms with E-state index in [0.29, 0.717) is 29.9 Å². The van der Waals surface area contributed by atoms with E-state index in [1.165, 1.54) is 5.56 Å². The zero-order chi connectivity index (χ0) is 24.6. The average molecular weight is 470 g/mol. The van der Waals surface area contributed by atoms with Crippen LogP contribution in [0.5, 0.6) is 11.5 Å². The number of amidine groups is 1. The predicted octanol–water partition coefficient (Wildman–Crippen LogP) is 6.01. The molecule has 0 saturated carbocycles. The van der Waals surface area contributed by atoms with Gasteiger partial charge >= 0.3 is 0 Å². The Morgan fingerprint density at radius 3 is 2.60 bits per heavy atom. The lowest BCUT2D eigenvalue weighted by atomic mass is 10.1. The van der Waals surface area contributed by atoms with Crippen LogP contribution in [0.2, 0.25) is 0 Å². The van der Waals surface area contributed by atoms with Gasteiger partial charge in [-0.3, -0.25) is 5.43 Å². The number of aliphatic imine (C=N–C) groups is 1. The Kier molecular flexibility index (Phi) is 7.77. The molecule has 0 saturated heterocycles. The van der Waals surface area contributed by atoms with E-state index in [1.54, 1.807) is 13.3 Å². The van der Waals surface area contributed by atoms with Crippen LogP contribution in [-0.4, -0.2) is 35.7 Å². The van der Waals surface area contributed by atoms with Crippen molar-refractivity contribution < 1.29 is 9.47 Å². The molecule has 180 valence electrons. The first-order valence-corrected chi connectivity index (χ1v) is 11.7. The summed E-state index contributed by atoms with van der Waals surface area (Å²) in [7, 11) is 1.64. The third-order valence-electron chi connectivity index (χ3n) is 5.41. The highest BCUT2D eigenvalue weighted by Crippen LogP contribution is 2.28. The zero-order valence-corrected chi connectivity index (χ0v) is 20.6. The summed E-state index contributed by atoms with van der Waals surface area (Å²) in [5.74, 6) is 3.10. The highest BCUT2D eigenvalue weighted by molar-refractivity contribution is 6.00. The third-order valence-corrected chi connectivity index (χ3v) is 5.41. The highest BCUT2D eigenvalue weighted by Gasteiger charge is 2.10. The Balaban J connectivity index is 1.55. The van der Waals surface area contributed by atoms with Crippen molar-refractivity contribution in [1.82, 2.24) is 15.4 Å². The van der Waals surface area contributed by atoms with Crippen molar-refractivity contribution in [2.45, 2.75) is 27.2 Å². The monoisotopic (exact) mass is 469 g/mol. The summed E-state index contributed by atoms with van der Waals surface area (Å²) in [5.41, 5.74) is 7.70. The normalized spacial score (nSPS) is 12.0. The van der Waals surface area contributed by atoms with Gasteiger partial charge in [-0.15, -0.1) is 0 Å². The molecule has 0 amide bonds. The van der Waals surface area contributed by atoms with Crippen LogP contribution in [0.25, 0.3) is 11.0 Å². The maximum absolute atomic E-state index is 5.88. The lowest BCUT2D eigenvalue weighted by Crippen LogP contribution is -2.20. The first-order chi connectivity index (χ1) is 17.0. The number of ether oxygens (including phenoxy) is 2. The van der Waals surface area contributed by atoms with Crippen molar-refractivity contribution in [2.75, 3.05) is 13.7 Å². The number of H-pyrrole nitrogens is 1. The fraction of sp³-hybridized carbons (Fsp3) is 0.250. The second kappa shape index (κ2) is 11.3. The summed E-state index contributed by atoms with van der Waals surface area (Å²) in [4.78, 5) is 12.7. The quantitative estimate of drug-likeness (QED) is 0.179. The number of aromatic nitrogens is 2. The van der Waals surface area contributed by atoms with Gasteiger partial charge in [-0.25, -0.2) is 9.98 Å². The van der Waals surface area contributed by atoms with Crippen molar-refractivity contribution in [3.8, 4) is 11.5 Å². The zero-order valence-electron chi connectivity index (χ0n) is 20.6. The van der Waals surface area contributed by atoms with Crippen molar-refractivity contribution in [1.29, 1.82) is 0 Å². The van der Waals surface area contributed by atoms with Gasteiger partial charge in [0, 0.05) is 0 Å². The van der Waals surface area contributed by atoms with E-state index in [9.17, 15) is 0 Å². The van der Waals surface area contributed by atoms with E-state index >= 15 is 0 Å². The Bertz CT molecular complexity index is 1290.